The van der Waals surface area contributed by atoms with E-state index in [1.165, 1.54) is 12.1 Å². The molecule has 4 nitrogen and oxygen atoms in total. The predicted octanol–water partition coefficient (Wildman–Crippen LogP) is 2.62. The number of hydrogen-bond donors (Lipinski definition) is 1. The molecule has 1 N–H and O–H groups in total. The summed E-state index contributed by atoms with van der Waals surface area (Å²) in [5.41, 5.74) is 1.82. The first-order valence-electron chi connectivity index (χ1n) is 6.69. The SMILES string of the molecule is OC(COc1ccccc1F)Cn1cnc2ccccc21. The van der Waals surface area contributed by atoms with Crippen molar-refractivity contribution in [3.63, 3.8) is 0 Å². The number of fused-ring (bicyclic) bond motifs is 1. The molecule has 21 heavy (non-hydrogen) atoms. The van der Waals surface area contributed by atoms with Crippen LogP contribution in [0, 0.1) is 5.82 Å². The molecule has 0 bridgehead atoms. The van der Waals surface area contributed by atoms with Crippen LogP contribution in [0.15, 0.2) is 54.9 Å². The summed E-state index contributed by atoms with van der Waals surface area (Å²) in [6, 6.07) is 13.8. The fraction of sp³-hybridized carbons (Fsp3) is 0.188. The highest BCUT2D eigenvalue weighted by Crippen LogP contribution is 2.16. The van der Waals surface area contributed by atoms with Gasteiger partial charge in [0.1, 0.15) is 12.7 Å². The van der Waals surface area contributed by atoms with Crippen molar-refractivity contribution in [3.05, 3.63) is 60.7 Å². The summed E-state index contributed by atoms with van der Waals surface area (Å²) in [5, 5.41) is 10.0. The maximum absolute atomic E-state index is 13.4. The standard InChI is InChI=1S/C16H15FN2O2/c17-13-5-1-4-8-16(13)21-10-12(20)9-19-11-18-14-6-2-3-7-15(14)19/h1-8,11-12,20H,9-10H2. The number of para-hydroxylation sites is 3. The summed E-state index contributed by atoms with van der Waals surface area (Å²) in [4.78, 5) is 4.26. The quantitative estimate of drug-likeness (QED) is 0.784. The number of halogens is 1. The minimum absolute atomic E-state index is 0.0213. The van der Waals surface area contributed by atoms with E-state index in [-0.39, 0.29) is 12.4 Å². The van der Waals surface area contributed by atoms with Crippen LogP contribution in [0.25, 0.3) is 11.0 Å². The Labute approximate surface area is 121 Å². The van der Waals surface area contributed by atoms with Crippen molar-refractivity contribution in [3.8, 4) is 5.75 Å². The summed E-state index contributed by atoms with van der Waals surface area (Å²) >= 11 is 0. The predicted molar refractivity (Wildman–Crippen MR) is 77.6 cm³/mol. The molecule has 0 spiro atoms. The van der Waals surface area contributed by atoms with Crippen LogP contribution in [0.2, 0.25) is 0 Å². The highest BCUT2D eigenvalue weighted by Gasteiger charge is 2.10. The lowest BCUT2D eigenvalue weighted by molar-refractivity contribution is 0.0914. The highest BCUT2D eigenvalue weighted by molar-refractivity contribution is 5.74. The van der Waals surface area contributed by atoms with E-state index in [0.717, 1.165) is 11.0 Å². The van der Waals surface area contributed by atoms with E-state index in [0.29, 0.717) is 6.54 Å². The maximum Gasteiger partial charge on any atom is 0.165 e. The van der Waals surface area contributed by atoms with Gasteiger partial charge in [-0.15, -0.1) is 0 Å². The molecule has 0 aliphatic heterocycles. The molecular formula is C16H15FN2O2. The molecule has 0 aliphatic rings. The van der Waals surface area contributed by atoms with Crippen LogP contribution in [0.5, 0.6) is 5.75 Å². The molecule has 108 valence electrons. The number of imidazole rings is 1. The molecule has 0 radical (unpaired) electrons. The maximum atomic E-state index is 13.4. The van der Waals surface area contributed by atoms with Crippen molar-refractivity contribution in [1.29, 1.82) is 0 Å². The van der Waals surface area contributed by atoms with Crippen molar-refractivity contribution in [2.75, 3.05) is 6.61 Å². The largest absolute Gasteiger partial charge is 0.488 e. The second-order valence-corrected chi connectivity index (χ2v) is 4.78. The van der Waals surface area contributed by atoms with Crippen LogP contribution < -0.4 is 4.74 Å². The zero-order valence-electron chi connectivity index (χ0n) is 11.3. The summed E-state index contributed by atoms with van der Waals surface area (Å²) in [6.07, 6.45) is 0.930. The zero-order chi connectivity index (χ0) is 14.7. The van der Waals surface area contributed by atoms with E-state index >= 15 is 0 Å². The normalized spacial score (nSPS) is 12.5. The van der Waals surface area contributed by atoms with Crippen LogP contribution in [0.1, 0.15) is 0 Å². The number of ether oxygens (including phenoxy) is 1. The van der Waals surface area contributed by atoms with E-state index in [2.05, 4.69) is 4.98 Å². The van der Waals surface area contributed by atoms with Crippen molar-refractivity contribution < 1.29 is 14.2 Å². The van der Waals surface area contributed by atoms with E-state index in [1.807, 2.05) is 28.8 Å². The Bertz CT molecular complexity index is 742. The van der Waals surface area contributed by atoms with Gasteiger partial charge >= 0.3 is 0 Å². The average Bonchev–Trinajstić information content (AvgIpc) is 2.90. The van der Waals surface area contributed by atoms with Crippen LogP contribution in [0.4, 0.5) is 4.39 Å². The Morgan fingerprint density at radius 2 is 1.90 bits per heavy atom. The fourth-order valence-corrected chi connectivity index (χ4v) is 2.18. The van der Waals surface area contributed by atoms with Gasteiger partial charge in [-0.1, -0.05) is 24.3 Å². The van der Waals surface area contributed by atoms with Gasteiger partial charge in [0.2, 0.25) is 0 Å². The average molecular weight is 286 g/mol. The van der Waals surface area contributed by atoms with Gasteiger partial charge in [0.15, 0.2) is 11.6 Å². The van der Waals surface area contributed by atoms with Gasteiger partial charge < -0.3 is 14.4 Å². The third-order valence-corrected chi connectivity index (χ3v) is 3.20. The number of nitrogens with zero attached hydrogens (tertiary/aromatic N) is 2. The molecule has 1 aromatic heterocycles. The van der Waals surface area contributed by atoms with Crippen LogP contribution in [0.3, 0.4) is 0 Å². The smallest absolute Gasteiger partial charge is 0.165 e. The topological polar surface area (TPSA) is 47.3 Å². The van der Waals surface area contributed by atoms with E-state index < -0.39 is 11.9 Å². The van der Waals surface area contributed by atoms with Gasteiger partial charge in [-0.25, -0.2) is 9.37 Å². The Kier molecular flexibility index (Phi) is 3.83. The van der Waals surface area contributed by atoms with Crippen molar-refractivity contribution in [1.82, 2.24) is 9.55 Å². The summed E-state index contributed by atoms with van der Waals surface area (Å²) in [6.45, 7) is 0.363. The van der Waals surface area contributed by atoms with Gasteiger partial charge in [-0.3, -0.25) is 0 Å². The van der Waals surface area contributed by atoms with E-state index in [1.54, 1.807) is 18.5 Å². The van der Waals surface area contributed by atoms with Crippen molar-refractivity contribution in [2.45, 2.75) is 12.6 Å². The minimum atomic E-state index is -0.748. The molecule has 5 heteroatoms. The van der Waals surface area contributed by atoms with Gasteiger partial charge in [-0.2, -0.15) is 0 Å². The zero-order valence-corrected chi connectivity index (χ0v) is 11.3. The minimum Gasteiger partial charge on any atom is -0.488 e. The Hall–Kier alpha value is -2.40. The summed E-state index contributed by atoms with van der Waals surface area (Å²) in [7, 11) is 0. The first kappa shape index (κ1) is 13.6. The molecular weight excluding hydrogens is 271 g/mol. The van der Waals surface area contributed by atoms with Crippen LogP contribution in [-0.4, -0.2) is 27.4 Å². The third-order valence-electron chi connectivity index (χ3n) is 3.20. The molecule has 2 aromatic carbocycles. The van der Waals surface area contributed by atoms with Gasteiger partial charge in [0.05, 0.1) is 23.9 Å². The molecule has 0 aliphatic carbocycles. The molecule has 1 unspecified atom stereocenters. The lowest BCUT2D eigenvalue weighted by Crippen LogP contribution is -2.23. The summed E-state index contributed by atoms with van der Waals surface area (Å²) < 4.78 is 20.6. The second kappa shape index (κ2) is 5.93. The van der Waals surface area contributed by atoms with Gasteiger partial charge in [0.25, 0.3) is 0 Å². The molecule has 0 saturated carbocycles. The molecule has 1 atom stereocenters. The Balaban J connectivity index is 1.64. The number of benzene rings is 2. The van der Waals surface area contributed by atoms with Crippen LogP contribution in [-0.2, 0) is 6.54 Å². The molecule has 0 fully saturated rings. The third kappa shape index (κ3) is 3.03. The first-order chi connectivity index (χ1) is 10.2. The lowest BCUT2D eigenvalue weighted by Gasteiger charge is -2.13. The number of aliphatic hydroxyl groups is 1. The molecule has 0 saturated heterocycles. The number of aliphatic hydroxyl groups excluding tert-OH is 1. The van der Waals surface area contributed by atoms with Crippen molar-refractivity contribution >= 4 is 11.0 Å². The molecule has 0 amide bonds. The number of rotatable bonds is 5. The molecule has 3 aromatic rings. The fourth-order valence-electron chi connectivity index (χ4n) is 2.18. The van der Waals surface area contributed by atoms with Crippen LogP contribution >= 0.6 is 0 Å². The van der Waals surface area contributed by atoms with E-state index in [4.69, 9.17) is 4.74 Å². The Morgan fingerprint density at radius 1 is 1.14 bits per heavy atom. The number of hydrogen-bond acceptors (Lipinski definition) is 3. The van der Waals surface area contributed by atoms with Gasteiger partial charge in [0, 0.05) is 0 Å². The van der Waals surface area contributed by atoms with Gasteiger partial charge in [-0.05, 0) is 24.3 Å². The lowest BCUT2D eigenvalue weighted by atomic mass is 10.3. The van der Waals surface area contributed by atoms with E-state index in [9.17, 15) is 9.50 Å². The first-order valence-corrected chi connectivity index (χ1v) is 6.69. The Morgan fingerprint density at radius 3 is 2.76 bits per heavy atom. The second-order valence-electron chi connectivity index (χ2n) is 4.78. The van der Waals surface area contributed by atoms with Crippen molar-refractivity contribution in [2.24, 2.45) is 0 Å². The molecule has 1 heterocycles. The summed E-state index contributed by atoms with van der Waals surface area (Å²) in [5.74, 6) is -0.287. The number of aromatic nitrogens is 2. The molecule has 3 rings (SSSR count). The highest BCUT2D eigenvalue weighted by atomic mass is 19.1. The monoisotopic (exact) mass is 286 g/mol.